The minimum absolute atomic E-state index is 0.393. The Kier molecular flexibility index (Phi) is 2.82. The van der Waals surface area contributed by atoms with Crippen molar-refractivity contribution in [3.05, 3.63) is 36.0 Å². The summed E-state index contributed by atoms with van der Waals surface area (Å²) in [6, 6.07) is 9.17. The van der Waals surface area contributed by atoms with Crippen LogP contribution in [0, 0.1) is 0 Å². The number of hydrogen-bond acceptors (Lipinski definition) is 2. The minimum Gasteiger partial charge on any atom is -0.385 e. The second-order valence-corrected chi connectivity index (χ2v) is 5.16. The van der Waals surface area contributed by atoms with E-state index in [0.29, 0.717) is 6.04 Å². The summed E-state index contributed by atoms with van der Waals surface area (Å²) in [6.07, 6.45) is 4.28. The van der Waals surface area contributed by atoms with E-state index in [0.717, 1.165) is 6.54 Å². The quantitative estimate of drug-likeness (QED) is 0.872. The van der Waals surface area contributed by atoms with Crippen molar-refractivity contribution in [1.29, 1.82) is 0 Å². The van der Waals surface area contributed by atoms with Gasteiger partial charge in [-0.3, -0.25) is 4.68 Å². The number of aryl methyl sites for hydroxylation is 1. The van der Waals surface area contributed by atoms with Gasteiger partial charge < -0.3 is 5.32 Å². The van der Waals surface area contributed by atoms with Crippen molar-refractivity contribution in [2.45, 2.75) is 32.7 Å². The van der Waals surface area contributed by atoms with Crippen LogP contribution in [0.25, 0.3) is 11.3 Å². The molecule has 1 aliphatic heterocycles. The molecule has 94 valence electrons. The average Bonchev–Trinajstić information content (AvgIpc) is 2.87. The molecule has 3 heteroatoms. The Labute approximate surface area is 108 Å². The Hall–Kier alpha value is -1.77. The van der Waals surface area contributed by atoms with Crippen LogP contribution in [-0.2, 0) is 6.42 Å². The molecule has 0 bridgehead atoms. The molecule has 0 saturated heterocycles. The van der Waals surface area contributed by atoms with E-state index in [2.05, 4.69) is 53.2 Å². The van der Waals surface area contributed by atoms with Gasteiger partial charge in [0.25, 0.3) is 0 Å². The lowest BCUT2D eigenvalue weighted by molar-refractivity contribution is 0.538. The number of fused-ring (bicyclic) bond motifs is 1. The molecule has 18 heavy (non-hydrogen) atoms. The lowest BCUT2D eigenvalue weighted by Gasteiger charge is -2.19. The Bertz CT molecular complexity index is 555. The molecule has 2 heterocycles. The highest BCUT2D eigenvalue weighted by atomic mass is 15.3. The second-order valence-electron chi connectivity index (χ2n) is 5.16. The number of aromatic nitrogens is 2. The third-order valence-electron chi connectivity index (χ3n) is 3.50. The number of nitrogens with zero attached hydrogens (tertiary/aromatic N) is 2. The van der Waals surface area contributed by atoms with Crippen LogP contribution in [0.15, 0.2) is 30.5 Å². The zero-order chi connectivity index (χ0) is 12.5. The highest BCUT2D eigenvalue weighted by Crippen LogP contribution is 2.29. The number of rotatable bonds is 2. The van der Waals surface area contributed by atoms with Gasteiger partial charge >= 0.3 is 0 Å². The zero-order valence-electron chi connectivity index (χ0n) is 11.0. The highest BCUT2D eigenvalue weighted by molar-refractivity contribution is 5.66. The van der Waals surface area contributed by atoms with Gasteiger partial charge in [0, 0.05) is 30.0 Å². The van der Waals surface area contributed by atoms with Crippen LogP contribution in [0.1, 0.15) is 31.9 Å². The van der Waals surface area contributed by atoms with Gasteiger partial charge in [-0.05, 0) is 50.5 Å². The van der Waals surface area contributed by atoms with Crippen LogP contribution < -0.4 is 5.32 Å². The Morgan fingerprint density at radius 3 is 3.00 bits per heavy atom. The smallest absolute Gasteiger partial charge is 0.0685 e. The lowest BCUT2D eigenvalue weighted by Crippen LogP contribution is -2.11. The topological polar surface area (TPSA) is 29.9 Å². The summed E-state index contributed by atoms with van der Waals surface area (Å²) in [5, 5.41) is 7.86. The van der Waals surface area contributed by atoms with Crippen molar-refractivity contribution in [1.82, 2.24) is 9.78 Å². The molecule has 0 radical (unpaired) electrons. The summed E-state index contributed by atoms with van der Waals surface area (Å²) in [5.41, 5.74) is 5.19. The molecule has 0 saturated carbocycles. The second kappa shape index (κ2) is 4.48. The zero-order valence-corrected chi connectivity index (χ0v) is 11.0. The molecule has 1 N–H and O–H groups in total. The fourth-order valence-corrected chi connectivity index (χ4v) is 2.59. The van der Waals surface area contributed by atoms with Crippen molar-refractivity contribution in [3.63, 3.8) is 0 Å². The maximum atomic E-state index is 4.41. The first kappa shape index (κ1) is 11.3. The predicted molar refractivity (Wildman–Crippen MR) is 74.9 cm³/mol. The van der Waals surface area contributed by atoms with Crippen molar-refractivity contribution < 1.29 is 0 Å². The van der Waals surface area contributed by atoms with Gasteiger partial charge in [-0.1, -0.05) is 6.07 Å². The first-order valence-electron chi connectivity index (χ1n) is 6.66. The third kappa shape index (κ3) is 1.90. The standard InChI is InChI=1S/C15H19N3/c1-11(2)18-15(7-9-17-18)13-5-6-14-12(10-13)4-3-8-16-14/h5-7,9-11,16H,3-4,8H2,1-2H3. The molecule has 0 fully saturated rings. The number of nitrogens with one attached hydrogen (secondary N) is 1. The van der Waals surface area contributed by atoms with Crippen molar-refractivity contribution >= 4 is 5.69 Å². The molecule has 3 rings (SSSR count). The highest BCUT2D eigenvalue weighted by Gasteiger charge is 2.12. The third-order valence-corrected chi connectivity index (χ3v) is 3.50. The molecule has 3 nitrogen and oxygen atoms in total. The first-order chi connectivity index (χ1) is 8.75. The summed E-state index contributed by atoms with van der Waals surface area (Å²) < 4.78 is 2.08. The molecule has 0 unspecified atom stereocenters. The van der Waals surface area contributed by atoms with Crippen molar-refractivity contribution in [2.75, 3.05) is 11.9 Å². The van der Waals surface area contributed by atoms with Gasteiger partial charge in [0.2, 0.25) is 0 Å². The van der Waals surface area contributed by atoms with E-state index in [1.54, 1.807) is 0 Å². The summed E-state index contributed by atoms with van der Waals surface area (Å²) in [4.78, 5) is 0. The van der Waals surface area contributed by atoms with Gasteiger partial charge in [0.1, 0.15) is 0 Å². The Balaban J connectivity index is 2.04. The van der Waals surface area contributed by atoms with Gasteiger partial charge in [-0.2, -0.15) is 5.10 Å². The molecular formula is C15H19N3. The van der Waals surface area contributed by atoms with E-state index in [9.17, 15) is 0 Å². The van der Waals surface area contributed by atoms with E-state index in [1.807, 2.05) is 6.20 Å². The van der Waals surface area contributed by atoms with Crippen LogP contribution in [0.5, 0.6) is 0 Å². The molecule has 1 aromatic heterocycles. The monoisotopic (exact) mass is 241 g/mol. The van der Waals surface area contributed by atoms with Crippen LogP contribution >= 0.6 is 0 Å². The van der Waals surface area contributed by atoms with Crippen LogP contribution in [-0.4, -0.2) is 16.3 Å². The number of anilines is 1. The molecule has 0 atom stereocenters. The molecule has 0 aliphatic carbocycles. The van der Waals surface area contributed by atoms with Gasteiger partial charge in [0.15, 0.2) is 0 Å². The molecule has 0 amide bonds. The lowest BCUT2D eigenvalue weighted by atomic mass is 9.99. The molecule has 1 aliphatic rings. The first-order valence-corrected chi connectivity index (χ1v) is 6.66. The van der Waals surface area contributed by atoms with Crippen molar-refractivity contribution in [3.8, 4) is 11.3 Å². The predicted octanol–water partition coefficient (Wildman–Crippen LogP) is 3.49. The molecule has 0 spiro atoms. The minimum atomic E-state index is 0.393. The maximum absolute atomic E-state index is 4.41. The molecule has 2 aromatic rings. The van der Waals surface area contributed by atoms with E-state index in [4.69, 9.17) is 0 Å². The maximum Gasteiger partial charge on any atom is 0.0685 e. The van der Waals surface area contributed by atoms with Crippen LogP contribution in [0.3, 0.4) is 0 Å². The summed E-state index contributed by atoms with van der Waals surface area (Å²) in [5.74, 6) is 0. The van der Waals surface area contributed by atoms with E-state index in [1.165, 1.54) is 35.3 Å². The van der Waals surface area contributed by atoms with E-state index in [-0.39, 0.29) is 0 Å². The van der Waals surface area contributed by atoms with Gasteiger partial charge in [0.05, 0.1) is 5.69 Å². The SMILES string of the molecule is CC(C)n1nccc1-c1ccc2c(c1)CCCN2. The fourth-order valence-electron chi connectivity index (χ4n) is 2.59. The molecular weight excluding hydrogens is 222 g/mol. The number of benzene rings is 1. The number of hydrogen-bond donors (Lipinski definition) is 1. The van der Waals surface area contributed by atoms with Crippen molar-refractivity contribution in [2.24, 2.45) is 0 Å². The average molecular weight is 241 g/mol. The summed E-state index contributed by atoms with van der Waals surface area (Å²) in [6.45, 7) is 5.42. The summed E-state index contributed by atoms with van der Waals surface area (Å²) >= 11 is 0. The van der Waals surface area contributed by atoms with Crippen LogP contribution in [0.2, 0.25) is 0 Å². The normalized spacial score (nSPS) is 14.4. The van der Waals surface area contributed by atoms with Gasteiger partial charge in [-0.25, -0.2) is 0 Å². The van der Waals surface area contributed by atoms with Crippen LogP contribution in [0.4, 0.5) is 5.69 Å². The molecule has 1 aromatic carbocycles. The fraction of sp³-hybridized carbons (Fsp3) is 0.400. The summed E-state index contributed by atoms with van der Waals surface area (Å²) in [7, 11) is 0. The Morgan fingerprint density at radius 1 is 1.28 bits per heavy atom. The Morgan fingerprint density at radius 2 is 2.17 bits per heavy atom. The van der Waals surface area contributed by atoms with E-state index < -0.39 is 0 Å². The largest absolute Gasteiger partial charge is 0.385 e. The van der Waals surface area contributed by atoms with Gasteiger partial charge in [-0.15, -0.1) is 0 Å². The van der Waals surface area contributed by atoms with E-state index >= 15 is 0 Å².